The van der Waals surface area contributed by atoms with Gasteiger partial charge in [0.2, 0.25) is 0 Å². The van der Waals surface area contributed by atoms with E-state index in [0.717, 1.165) is 11.0 Å². The van der Waals surface area contributed by atoms with Crippen LogP contribution in [0.1, 0.15) is 38.1 Å². The molecule has 17 heavy (non-hydrogen) atoms. The lowest BCUT2D eigenvalue weighted by molar-refractivity contribution is -0.138. The van der Waals surface area contributed by atoms with Crippen molar-refractivity contribution in [1.29, 1.82) is 0 Å². The van der Waals surface area contributed by atoms with E-state index in [0.29, 0.717) is 0 Å². The van der Waals surface area contributed by atoms with Gasteiger partial charge in [-0.15, -0.1) is 11.3 Å². The first kappa shape index (κ1) is 14.7. The molecule has 0 amide bonds. The highest BCUT2D eigenvalue weighted by Gasteiger charge is 2.22. The summed E-state index contributed by atoms with van der Waals surface area (Å²) in [6, 6.07) is 2.41. The topological polar surface area (TPSA) is 40.5 Å². The second-order valence-electron chi connectivity index (χ2n) is 4.12. The third-order valence-corrected chi connectivity index (χ3v) is 4.76. The molecule has 2 atom stereocenters. The number of carbonyl (C=O) groups is 1. The summed E-state index contributed by atoms with van der Waals surface area (Å²) < 4.78 is 1.09. The molecule has 1 aromatic heterocycles. The molecule has 1 aromatic rings. The maximum Gasteiger partial charge on any atom is 0.304 e. The lowest BCUT2D eigenvalue weighted by Crippen LogP contribution is -2.36. The molecule has 1 heterocycles. The Kier molecular flexibility index (Phi) is 5.62. The first-order valence-corrected chi connectivity index (χ1v) is 7.34. The van der Waals surface area contributed by atoms with Crippen molar-refractivity contribution < 1.29 is 9.90 Å². The molecule has 0 radical (unpaired) electrons. The lowest BCUT2D eigenvalue weighted by atomic mass is 10.1. The molecule has 5 heteroatoms. The molecule has 3 nitrogen and oxygen atoms in total. The Labute approximate surface area is 115 Å². The highest BCUT2D eigenvalue weighted by Crippen LogP contribution is 2.30. The smallest absolute Gasteiger partial charge is 0.304 e. The van der Waals surface area contributed by atoms with E-state index in [2.05, 4.69) is 46.1 Å². The zero-order valence-electron chi connectivity index (χ0n) is 10.3. The van der Waals surface area contributed by atoms with Crippen LogP contribution >= 0.6 is 27.3 Å². The number of rotatable bonds is 6. The molecule has 0 spiro atoms. The van der Waals surface area contributed by atoms with Crippen LogP contribution < -0.4 is 0 Å². The molecule has 96 valence electrons. The number of hydrogen-bond acceptors (Lipinski definition) is 3. The zero-order chi connectivity index (χ0) is 13.0. The van der Waals surface area contributed by atoms with Gasteiger partial charge in [-0.25, -0.2) is 0 Å². The minimum Gasteiger partial charge on any atom is -0.481 e. The fraction of sp³-hybridized carbons (Fsp3) is 0.583. The summed E-state index contributed by atoms with van der Waals surface area (Å²) >= 11 is 5.15. The van der Waals surface area contributed by atoms with Crippen LogP contribution in [0.5, 0.6) is 0 Å². The Bertz CT molecular complexity index is 380. The molecule has 0 bridgehead atoms. The summed E-state index contributed by atoms with van der Waals surface area (Å²) in [5, 5.41) is 10.9. The molecule has 0 aliphatic carbocycles. The number of nitrogens with zero attached hydrogens (tertiary/aromatic N) is 1. The van der Waals surface area contributed by atoms with E-state index in [9.17, 15) is 4.79 Å². The number of hydrogen-bond donors (Lipinski definition) is 1. The van der Waals surface area contributed by atoms with Gasteiger partial charge in [0.1, 0.15) is 0 Å². The van der Waals surface area contributed by atoms with Gasteiger partial charge in [-0.2, -0.15) is 0 Å². The first-order valence-electron chi connectivity index (χ1n) is 5.67. The molecule has 2 unspecified atom stereocenters. The van der Waals surface area contributed by atoms with E-state index >= 15 is 0 Å². The molecule has 0 saturated heterocycles. The van der Waals surface area contributed by atoms with Crippen molar-refractivity contribution in [1.82, 2.24) is 4.90 Å². The van der Waals surface area contributed by atoms with Gasteiger partial charge < -0.3 is 5.11 Å². The van der Waals surface area contributed by atoms with Gasteiger partial charge >= 0.3 is 5.97 Å². The Morgan fingerprint density at radius 1 is 1.59 bits per heavy atom. The van der Waals surface area contributed by atoms with E-state index in [1.165, 1.54) is 4.88 Å². The van der Waals surface area contributed by atoms with Crippen LogP contribution in [0.2, 0.25) is 0 Å². The predicted octanol–water partition coefficient (Wildman–Crippen LogP) is 3.76. The van der Waals surface area contributed by atoms with Crippen molar-refractivity contribution in [2.45, 2.75) is 39.3 Å². The molecular formula is C12H18BrNO2S. The monoisotopic (exact) mass is 319 g/mol. The number of carboxylic acids is 1. The minimum absolute atomic E-state index is 0.0494. The van der Waals surface area contributed by atoms with E-state index in [4.69, 9.17) is 5.11 Å². The number of aliphatic carboxylic acids is 1. The van der Waals surface area contributed by atoms with Gasteiger partial charge in [0.05, 0.1) is 6.42 Å². The Morgan fingerprint density at radius 2 is 2.24 bits per heavy atom. The zero-order valence-corrected chi connectivity index (χ0v) is 12.7. The maximum atomic E-state index is 10.8. The van der Waals surface area contributed by atoms with Crippen molar-refractivity contribution in [2.75, 3.05) is 6.54 Å². The van der Waals surface area contributed by atoms with Crippen LogP contribution in [0.15, 0.2) is 15.9 Å². The second kappa shape index (κ2) is 6.52. The Hall–Kier alpha value is -0.390. The van der Waals surface area contributed by atoms with Crippen molar-refractivity contribution in [2.24, 2.45) is 0 Å². The SMILES string of the molecule is CCN(C(C)CC(=O)O)C(C)c1cc(Br)cs1. The number of carboxylic acid groups (broad SMARTS) is 1. The lowest BCUT2D eigenvalue weighted by Gasteiger charge is -2.32. The standard InChI is InChI=1S/C12H18BrNO2S/c1-4-14(8(2)5-12(15)16)9(3)11-6-10(13)7-17-11/h6-9H,4-5H2,1-3H3,(H,15,16). The third kappa shape index (κ3) is 4.08. The van der Waals surface area contributed by atoms with Crippen LogP contribution in [0.3, 0.4) is 0 Å². The van der Waals surface area contributed by atoms with Gasteiger partial charge in [0, 0.05) is 26.8 Å². The predicted molar refractivity (Wildman–Crippen MR) is 74.5 cm³/mol. The highest BCUT2D eigenvalue weighted by atomic mass is 79.9. The summed E-state index contributed by atoms with van der Waals surface area (Å²) in [5.41, 5.74) is 0. The Morgan fingerprint density at radius 3 is 2.65 bits per heavy atom. The van der Waals surface area contributed by atoms with Gasteiger partial charge in [0.25, 0.3) is 0 Å². The van der Waals surface area contributed by atoms with Crippen molar-refractivity contribution in [3.05, 3.63) is 20.8 Å². The molecule has 1 N–H and O–H groups in total. The molecular weight excluding hydrogens is 302 g/mol. The maximum absolute atomic E-state index is 10.8. The normalized spacial score (nSPS) is 14.9. The minimum atomic E-state index is -0.740. The quantitative estimate of drug-likeness (QED) is 0.868. The van der Waals surface area contributed by atoms with E-state index in [-0.39, 0.29) is 18.5 Å². The fourth-order valence-electron chi connectivity index (χ4n) is 2.05. The first-order chi connectivity index (χ1) is 7.95. The third-order valence-electron chi connectivity index (χ3n) is 2.90. The van der Waals surface area contributed by atoms with E-state index < -0.39 is 5.97 Å². The molecule has 0 fully saturated rings. The molecule has 0 aliphatic rings. The van der Waals surface area contributed by atoms with Crippen LogP contribution in [-0.2, 0) is 4.79 Å². The summed E-state index contributed by atoms with van der Waals surface area (Å²) in [6.07, 6.45) is 0.185. The largest absolute Gasteiger partial charge is 0.481 e. The van der Waals surface area contributed by atoms with Gasteiger partial charge in [-0.05, 0) is 42.4 Å². The van der Waals surface area contributed by atoms with Crippen LogP contribution in [-0.4, -0.2) is 28.6 Å². The second-order valence-corrected chi connectivity index (χ2v) is 5.98. The van der Waals surface area contributed by atoms with Gasteiger partial charge in [-0.3, -0.25) is 9.69 Å². The van der Waals surface area contributed by atoms with Crippen LogP contribution in [0.25, 0.3) is 0 Å². The molecule has 0 aliphatic heterocycles. The molecule has 0 saturated carbocycles. The summed E-state index contributed by atoms with van der Waals surface area (Å²) in [7, 11) is 0. The van der Waals surface area contributed by atoms with Gasteiger partial charge in [0.15, 0.2) is 0 Å². The summed E-state index contributed by atoms with van der Waals surface area (Å²) in [6.45, 7) is 7.01. The van der Waals surface area contributed by atoms with Crippen molar-refractivity contribution >= 4 is 33.2 Å². The molecule has 1 rings (SSSR count). The summed E-state index contributed by atoms with van der Waals surface area (Å²) in [4.78, 5) is 14.2. The number of halogens is 1. The number of thiophene rings is 1. The van der Waals surface area contributed by atoms with Crippen molar-refractivity contribution in [3.8, 4) is 0 Å². The average Bonchev–Trinajstić information content (AvgIpc) is 2.64. The fourth-order valence-corrected chi connectivity index (χ4v) is 3.57. The van der Waals surface area contributed by atoms with Crippen LogP contribution in [0, 0.1) is 0 Å². The Balaban J connectivity index is 2.76. The van der Waals surface area contributed by atoms with Crippen LogP contribution in [0.4, 0.5) is 0 Å². The highest BCUT2D eigenvalue weighted by molar-refractivity contribution is 9.10. The average molecular weight is 320 g/mol. The van der Waals surface area contributed by atoms with E-state index in [1.807, 2.05) is 6.92 Å². The van der Waals surface area contributed by atoms with Crippen molar-refractivity contribution in [3.63, 3.8) is 0 Å². The van der Waals surface area contributed by atoms with Gasteiger partial charge in [-0.1, -0.05) is 6.92 Å². The molecule has 0 aromatic carbocycles. The van der Waals surface area contributed by atoms with E-state index in [1.54, 1.807) is 11.3 Å². The summed E-state index contributed by atoms with van der Waals surface area (Å²) in [5.74, 6) is -0.740.